The number of para-hydroxylation sites is 1. The lowest BCUT2D eigenvalue weighted by Gasteiger charge is -2.11. The molecule has 1 N–H and O–H groups in total. The van der Waals surface area contributed by atoms with Crippen molar-refractivity contribution in [2.24, 2.45) is 5.92 Å². The van der Waals surface area contributed by atoms with Crippen LogP contribution in [0.2, 0.25) is 0 Å². The number of ether oxygens (including phenoxy) is 1. The second-order valence-electron chi connectivity index (χ2n) is 5.30. The highest BCUT2D eigenvalue weighted by Crippen LogP contribution is 2.42. The van der Waals surface area contributed by atoms with Crippen LogP contribution in [0.1, 0.15) is 37.6 Å². The van der Waals surface area contributed by atoms with Crippen LogP contribution in [-0.4, -0.2) is 23.3 Å². The summed E-state index contributed by atoms with van der Waals surface area (Å²) in [4.78, 5) is 4.48. The molecule has 5 nitrogen and oxygen atoms in total. The summed E-state index contributed by atoms with van der Waals surface area (Å²) in [7, 11) is 0. The topological polar surface area (TPSA) is 60.2 Å². The van der Waals surface area contributed by atoms with Crippen molar-refractivity contribution in [3.63, 3.8) is 0 Å². The second-order valence-corrected chi connectivity index (χ2v) is 5.30. The largest absolute Gasteiger partial charge is 0.385 e. The molecule has 1 saturated carbocycles. The average molecular weight is 287 g/mol. The summed E-state index contributed by atoms with van der Waals surface area (Å²) in [5.74, 6) is 1.94. The molecule has 1 aliphatic carbocycles. The number of nitrogens with zero attached hydrogens (tertiary/aromatic N) is 2. The summed E-state index contributed by atoms with van der Waals surface area (Å²) in [6, 6.07) is 10.1. The van der Waals surface area contributed by atoms with E-state index >= 15 is 0 Å². The molecule has 0 bridgehead atoms. The van der Waals surface area contributed by atoms with Crippen LogP contribution in [-0.2, 0) is 11.2 Å². The fourth-order valence-corrected chi connectivity index (χ4v) is 2.35. The number of benzene rings is 1. The molecule has 3 rings (SSSR count). The van der Waals surface area contributed by atoms with Gasteiger partial charge in [-0.05, 0) is 37.8 Å². The minimum absolute atomic E-state index is 0.00887. The van der Waals surface area contributed by atoms with E-state index in [2.05, 4.69) is 15.5 Å². The highest BCUT2D eigenvalue weighted by molar-refractivity contribution is 5.42. The molecule has 1 aliphatic rings. The highest BCUT2D eigenvalue weighted by atomic mass is 16.5. The summed E-state index contributed by atoms with van der Waals surface area (Å²) >= 11 is 0. The summed E-state index contributed by atoms with van der Waals surface area (Å²) in [6.45, 7) is 3.45. The second kappa shape index (κ2) is 6.72. The van der Waals surface area contributed by atoms with Crippen LogP contribution in [0.5, 0.6) is 0 Å². The van der Waals surface area contributed by atoms with Gasteiger partial charge >= 0.3 is 0 Å². The van der Waals surface area contributed by atoms with Gasteiger partial charge < -0.3 is 14.6 Å². The quantitative estimate of drug-likeness (QED) is 0.808. The number of anilines is 1. The first-order chi connectivity index (χ1) is 10.4. The molecule has 0 spiro atoms. The number of rotatable bonds is 8. The molecular formula is C16H21N3O2. The predicted octanol–water partition coefficient (Wildman–Crippen LogP) is 3.21. The Balaban J connectivity index is 1.52. The van der Waals surface area contributed by atoms with Crippen molar-refractivity contribution in [1.29, 1.82) is 0 Å². The molecule has 112 valence electrons. The lowest BCUT2D eigenvalue weighted by Crippen LogP contribution is -2.09. The monoisotopic (exact) mass is 287 g/mol. The zero-order valence-corrected chi connectivity index (χ0v) is 12.3. The van der Waals surface area contributed by atoms with Crippen LogP contribution in [0.4, 0.5) is 5.69 Å². The number of hydrogen-bond donors (Lipinski definition) is 1. The van der Waals surface area contributed by atoms with Crippen LogP contribution in [0.25, 0.3) is 0 Å². The molecule has 0 radical (unpaired) electrons. The molecule has 0 saturated heterocycles. The summed E-state index contributed by atoms with van der Waals surface area (Å²) < 4.78 is 11.1. The van der Waals surface area contributed by atoms with Crippen molar-refractivity contribution >= 4 is 5.69 Å². The smallest absolute Gasteiger partial charge is 0.228 e. The Kier molecular flexibility index (Phi) is 4.50. The molecule has 21 heavy (non-hydrogen) atoms. The Hall–Kier alpha value is -1.88. The van der Waals surface area contributed by atoms with Gasteiger partial charge in [0.05, 0.1) is 0 Å². The molecule has 1 heterocycles. The van der Waals surface area contributed by atoms with Crippen LogP contribution < -0.4 is 5.32 Å². The van der Waals surface area contributed by atoms with E-state index in [1.807, 2.05) is 37.3 Å². The van der Waals surface area contributed by atoms with E-state index in [-0.39, 0.29) is 6.10 Å². The van der Waals surface area contributed by atoms with Gasteiger partial charge in [-0.1, -0.05) is 23.4 Å². The first-order valence-corrected chi connectivity index (χ1v) is 7.60. The van der Waals surface area contributed by atoms with Crippen LogP contribution >= 0.6 is 0 Å². The first-order valence-electron chi connectivity index (χ1n) is 7.60. The molecule has 0 amide bonds. The molecule has 1 aromatic heterocycles. The van der Waals surface area contributed by atoms with Gasteiger partial charge in [0.15, 0.2) is 0 Å². The highest BCUT2D eigenvalue weighted by Gasteiger charge is 2.36. The summed E-state index contributed by atoms with van der Waals surface area (Å²) in [6.07, 6.45) is 3.12. The van der Waals surface area contributed by atoms with Gasteiger partial charge in [-0.25, -0.2) is 0 Å². The maximum absolute atomic E-state index is 5.74. The van der Waals surface area contributed by atoms with E-state index in [4.69, 9.17) is 9.26 Å². The third-order valence-corrected chi connectivity index (χ3v) is 3.58. The lowest BCUT2D eigenvalue weighted by molar-refractivity contribution is 0.0384. The van der Waals surface area contributed by atoms with Gasteiger partial charge in [-0.2, -0.15) is 4.98 Å². The normalized spacial score (nSPS) is 15.9. The lowest BCUT2D eigenvalue weighted by atomic mass is 10.2. The van der Waals surface area contributed by atoms with Crippen molar-refractivity contribution in [3.05, 3.63) is 42.0 Å². The van der Waals surface area contributed by atoms with Crippen molar-refractivity contribution in [3.8, 4) is 0 Å². The van der Waals surface area contributed by atoms with E-state index in [0.717, 1.165) is 12.2 Å². The Morgan fingerprint density at radius 1 is 1.33 bits per heavy atom. The molecule has 2 aromatic rings. The zero-order chi connectivity index (χ0) is 14.5. The van der Waals surface area contributed by atoms with Crippen molar-refractivity contribution in [1.82, 2.24) is 10.1 Å². The molecular weight excluding hydrogens is 266 g/mol. The summed E-state index contributed by atoms with van der Waals surface area (Å²) in [5, 5.41) is 7.42. The van der Waals surface area contributed by atoms with Crippen LogP contribution in [0, 0.1) is 5.92 Å². The van der Waals surface area contributed by atoms with Crippen molar-refractivity contribution in [2.75, 3.05) is 18.5 Å². The Morgan fingerprint density at radius 2 is 2.14 bits per heavy atom. The third kappa shape index (κ3) is 3.82. The maximum Gasteiger partial charge on any atom is 0.228 e. The minimum atomic E-state index is 0.00887. The van der Waals surface area contributed by atoms with E-state index in [9.17, 15) is 0 Å². The van der Waals surface area contributed by atoms with Gasteiger partial charge in [0, 0.05) is 25.3 Å². The van der Waals surface area contributed by atoms with E-state index in [1.54, 1.807) is 0 Å². The molecule has 1 atom stereocenters. The third-order valence-electron chi connectivity index (χ3n) is 3.58. The van der Waals surface area contributed by atoms with E-state index in [0.29, 0.717) is 30.7 Å². The molecule has 0 aliphatic heterocycles. The number of aromatic nitrogens is 2. The van der Waals surface area contributed by atoms with E-state index in [1.165, 1.54) is 12.8 Å². The van der Waals surface area contributed by atoms with Crippen molar-refractivity contribution < 1.29 is 9.26 Å². The summed E-state index contributed by atoms with van der Waals surface area (Å²) in [5.41, 5.74) is 1.10. The standard InChI is InChI=1S/C16H21N3O2/c1-2-20-15(12-8-9-12)16-18-14(21-19-16)10-11-17-13-6-4-3-5-7-13/h3-7,12,15,17H,2,8-11H2,1H3. The maximum atomic E-state index is 5.74. The van der Waals surface area contributed by atoms with Gasteiger partial charge in [-0.15, -0.1) is 0 Å². The first kappa shape index (κ1) is 14.1. The predicted molar refractivity (Wildman–Crippen MR) is 80.0 cm³/mol. The van der Waals surface area contributed by atoms with Gasteiger partial charge in [-0.3, -0.25) is 0 Å². The fourth-order valence-electron chi connectivity index (χ4n) is 2.35. The Bertz CT molecular complexity index is 552. The zero-order valence-electron chi connectivity index (χ0n) is 12.3. The minimum Gasteiger partial charge on any atom is -0.385 e. The molecule has 1 aromatic carbocycles. The van der Waals surface area contributed by atoms with Crippen LogP contribution in [0.3, 0.4) is 0 Å². The van der Waals surface area contributed by atoms with Crippen LogP contribution in [0.15, 0.2) is 34.9 Å². The SMILES string of the molecule is CCOC(c1noc(CCNc2ccccc2)n1)C1CC1. The fraction of sp³-hybridized carbons (Fsp3) is 0.500. The van der Waals surface area contributed by atoms with Gasteiger partial charge in [0.1, 0.15) is 6.10 Å². The molecule has 1 unspecified atom stereocenters. The van der Waals surface area contributed by atoms with Crippen molar-refractivity contribution in [2.45, 2.75) is 32.3 Å². The number of nitrogens with one attached hydrogen (secondary N) is 1. The van der Waals surface area contributed by atoms with E-state index < -0.39 is 0 Å². The Morgan fingerprint density at radius 3 is 2.86 bits per heavy atom. The van der Waals surface area contributed by atoms with Gasteiger partial charge in [0.2, 0.25) is 11.7 Å². The molecule has 1 fully saturated rings. The van der Waals surface area contributed by atoms with Gasteiger partial charge in [0.25, 0.3) is 0 Å². The molecule has 5 heteroatoms. The Labute approximate surface area is 124 Å². The number of hydrogen-bond acceptors (Lipinski definition) is 5. The average Bonchev–Trinajstić information content (AvgIpc) is 3.25.